The lowest BCUT2D eigenvalue weighted by Gasteiger charge is -2.31. The molecule has 37 heavy (non-hydrogen) atoms. The second kappa shape index (κ2) is 11.1. The van der Waals surface area contributed by atoms with E-state index in [0.29, 0.717) is 12.2 Å². The van der Waals surface area contributed by atoms with E-state index in [-0.39, 0.29) is 28.1 Å². The summed E-state index contributed by atoms with van der Waals surface area (Å²) in [5, 5.41) is 0. The Kier molecular flexibility index (Phi) is 8.38. The number of hydrogen-bond acceptors (Lipinski definition) is 5. The normalized spacial score (nSPS) is 11.7. The second-order valence-corrected chi connectivity index (χ2v) is 11.9. The molecule has 0 aliphatic carbocycles. The summed E-state index contributed by atoms with van der Waals surface area (Å²) in [5.74, 6) is -1.42. The average molecular weight is 523 g/mol. The van der Waals surface area contributed by atoms with E-state index in [1.807, 2.05) is 39.8 Å². The van der Waals surface area contributed by atoms with E-state index in [1.165, 1.54) is 17.0 Å². The molecular weight excluding hydrogens is 488 g/mol. The van der Waals surface area contributed by atoms with Gasteiger partial charge in [0.05, 0.1) is 28.4 Å². The number of pyridine rings is 1. The van der Waals surface area contributed by atoms with Crippen molar-refractivity contribution >= 4 is 27.5 Å². The molecule has 9 heteroatoms. The van der Waals surface area contributed by atoms with Crippen molar-refractivity contribution in [3.05, 3.63) is 89.2 Å². The van der Waals surface area contributed by atoms with E-state index in [4.69, 9.17) is 5.73 Å². The lowest BCUT2D eigenvalue weighted by atomic mass is 9.87. The second-order valence-electron chi connectivity index (χ2n) is 9.89. The van der Waals surface area contributed by atoms with Crippen molar-refractivity contribution in [2.24, 2.45) is 5.73 Å². The Labute approximate surface area is 219 Å². The number of urea groups is 1. The monoisotopic (exact) mass is 522 g/mol. The van der Waals surface area contributed by atoms with E-state index in [0.717, 1.165) is 16.2 Å². The number of benzene rings is 2. The smallest absolute Gasteiger partial charge is 0.325 e. The first-order valence-corrected chi connectivity index (χ1v) is 13.7. The number of nitrogens with two attached hydrogens (primary N) is 1. The van der Waals surface area contributed by atoms with Crippen LogP contribution in [0.15, 0.2) is 71.6 Å². The Morgan fingerprint density at radius 3 is 2.16 bits per heavy atom. The van der Waals surface area contributed by atoms with Gasteiger partial charge in [-0.25, -0.2) is 13.2 Å². The predicted octanol–water partition coefficient (Wildman–Crippen LogP) is 4.67. The predicted molar refractivity (Wildman–Crippen MR) is 145 cm³/mol. The highest BCUT2D eigenvalue weighted by Crippen LogP contribution is 2.27. The fraction of sp³-hybridized carbons (Fsp3) is 0.321. The van der Waals surface area contributed by atoms with E-state index in [1.54, 1.807) is 49.4 Å². The molecule has 0 bridgehead atoms. The highest BCUT2D eigenvalue weighted by molar-refractivity contribution is 7.91. The van der Waals surface area contributed by atoms with Crippen LogP contribution in [0.5, 0.6) is 0 Å². The number of primary amides is 1. The maximum atomic E-state index is 13.8. The van der Waals surface area contributed by atoms with Crippen molar-refractivity contribution in [1.29, 1.82) is 0 Å². The van der Waals surface area contributed by atoms with Gasteiger partial charge in [0.25, 0.3) is 5.91 Å². The van der Waals surface area contributed by atoms with Crippen LogP contribution in [0, 0.1) is 6.92 Å². The zero-order valence-corrected chi connectivity index (χ0v) is 22.7. The van der Waals surface area contributed by atoms with Gasteiger partial charge in [0.15, 0.2) is 9.84 Å². The molecule has 0 saturated heterocycles. The third-order valence-corrected chi connectivity index (χ3v) is 7.61. The Morgan fingerprint density at radius 2 is 1.59 bits per heavy atom. The van der Waals surface area contributed by atoms with Crippen LogP contribution in [0.25, 0.3) is 0 Å². The van der Waals surface area contributed by atoms with Crippen LogP contribution < -0.4 is 10.6 Å². The van der Waals surface area contributed by atoms with Crippen molar-refractivity contribution in [2.45, 2.75) is 51.5 Å². The number of hydrogen-bond donors (Lipinski definition) is 1. The zero-order valence-electron chi connectivity index (χ0n) is 21.9. The van der Waals surface area contributed by atoms with E-state index >= 15 is 0 Å². The summed E-state index contributed by atoms with van der Waals surface area (Å²) >= 11 is 0. The number of anilines is 1. The number of carbonyl (C=O) groups excluding carboxylic acids is 2. The number of para-hydroxylation sites is 1. The van der Waals surface area contributed by atoms with Crippen molar-refractivity contribution in [3.8, 4) is 0 Å². The van der Waals surface area contributed by atoms with E-state index in [9.17, 15) is 18.0 Å². The molecule has 0 aliphatic heterocycles. The minimum absolute atomic E-state index is 0.0545. The molecule has 1 aromatic heterocycles. The number of nitrogens with zero attached hydrogens (tertiary/aromatic N) is 3. The summed E-state index contributed by atoms with van der Waals surface area (Å²) in [6.07, 6.45) is 0. The van der Waals surface area contributed by atoms with E-state index in [2.05, 4.69) is 4.98 Å². The average Bonchev–Trinajstić information content (AvgIpc) is 2.85. The third-order valence-electron chi connectivity index (χ3n) is 6.02. The molecule has 3 aromatic rings. The highest BCUT2D eigenvalue weighted by atomic mass is 32.2. The summed E-state index contributed by atoms with van der Waals surface area (Å²) in [5.41, 5.74) is 8.08. The molecular formula is C28H34N4O4S. The number of carbonyl (C=O) groups is 2. The fourth-order valence-corrected chi connectivity index (χ4v) is 5.21. The van der Waals surface area contributed by atoms with Gasteiger partial charge in [0, 0.05) is 12.2 Å². The molecule has 2 aromatic carbocycles. The molecule has 0 aliphatic rings. The topological polar surface area (TPSA) is 114 Å². The number of aromatic nitrogens is 1. The van der Waals surface area contributed by atoms with Gasteiger partial charge in [-0.15, -0.1) is 0 Å². The summed E-state index contributed by atoms with van der Waals surface area (Å²) in [4.78, 5) is 33.2. The Hall–Kier alpha value is -3.72. The molecule has 1 heterocycles. The van der Waals surface area contributed by atoms with Gasteiger partial charge in [0.1, 0.15) is 5.88 Å². The number of sulfone groups is 1. The maximum absolute atomic E-state index is 13.8. The van der Waals surface area contributed by atoms with Crippen molar-refractivity contribution in [3.63, 3.8) is 0 Å². The summed E-state index contributed by atoms with van der Waals surface area (Å²) in [6.45, 7) is 10.2. The Balaban J connectivity index is 2.04. The van der Waals surface area contributed by atoms with Gasteiger partial charge >= 0.3 is 6.03 Å². The maximum Gasteiger partial charge on any atom is 0.325 e. The first-order chi connectivity index (χ1) is 17.3. The van der Waals surface area contributed by atoms with Gasteiger partial charge in [0.2, 0.25) is 0 Å². The van der Waals surface area contributed by atoms with Crippen LogP contribution in [-0.4, -0.2) is 42.7 Å². The quantitative estimate of drug-likeness (QED) is 0.462. The lowest BCUT2D eigenvalue weighted by Crippen LogP contribution is -2.46. The van der Waals surface area contributed by atoms with E-state index < -0.39 is 27.7 Å². The zero-order chi connectivity index (χ0) is 27.4. The van der Waals surface area contributed by atoms with Gasteiger partial charge in [-0.05, 0) is 61.2 Å². The molecule has 0 radical (unpaired) electrons. The summed E-state index contributed by atoms with van der Waals surface area (Å²) in [6, 6.07) is 17.8. The van der Waals surface area contributed by atoms with Crippen LogP contribution >= 0.6 is 0 Å². The SMILES string of the molecule is CCN(Cc1cccc(C)n1)C(=O)N(CS(=O)(=O)c1ccc(C(C)(C)C)cc1)c1ccccc1C(N)=O. The minimum atomic E-state index is -3.97. The molecule has 0 atom stereocenters. The van der Waals surface area contributed by atoms with Crippen molar-refractivity contribution < 1.29 is 18.0 Å². The van der Waals surface area contributed by atoms with Crippen LogP contribution in [0.3, 0.4) is 0 Å². The first kappa shape index (κ1) is 27.9. The van der Waals surface area contributed by atoms with Gasteiger partial charge in [-0.3, -0.25) is 14.7 Å². The molecule has 2 N–H and O–H groups in total. The largest absolute Gasteiger partial charge is 0.366 e. The minimum Gasteiger partial charge on any atom is -0.366 e. The Bertz CT molecular complexity index is 1380. The lowest BCUT2D eigenvalue weighted by molar-refractivity contribution is 0.100. The van der Waals surface area contributed by atoms with Crippen LogP contribution in [0.4, 0.5) is 10.5 Å². The molecule has 0 saturated carbocycles. The molecule has 0 fully saturated rings. The van der Waals surface area contributed by atoms with Gasteiger partial charge in [-0.1, -0.05) is 51.1 Å². The van der Waals surface area contributed by atoms with Crippen molar-refractivity contribution in [2.75, 3.05) is 17.3 Å². The highest BCUT2D eigenvalue weighted by Gasteiger charge is 2.30. The van der Waals surface area contributed by atoms with Crippen LogP contribution in [0.1, 0.15) is 55.0 Å². The molecule has 3 rings (SSSR count). The number of rotatable bonds is 8. The molecule has 196 valence electrons. The number of amides is 3. The van der Waals surface area contributed by atoms with Gasteiger partial charge in [-0.2, -0.15) is 0 Å². The standard InChI is InChI=1S/C28H34N4O4S/c1-6-31(18-22-11-9-10-20(2)30-22)27(34)32(25-13-8-7-12-24(25)26(29)33)19-37(35,36)23-16-14-21(15-17-23)28(3,4)5/h7-17H,6,18-19H2,1-5H3,(H2,29,33). The Morgan fingerprint density at radius 1 is 0.946 bits per heavy atom. The number of aryl methyl sites for hydroxylation is 1. The van der Waals surface area contributed by atoms with Crippen LogP contribution in [-0.2, 0) is 21.8 Å². The van der Waals surface area contributed by atoms with Crippen molar-refractivity contribution in [1.82, 2.24) is 9.88 Å². The summed E-state index contributed by atoms with van der Waals surface area (Å²) in [7, 11) is -3.97. The molecule has 0 spiro atoms. The van der Waals surface area contributed by atoms with Gasteiger partial charge < -0.3 is 10.6 Å². The molecule has 0 unspecified atom stereocenters. The molecule has 3 amide bonds. The summed E-state index contributed by atoms with van der Waals surface area (Å²) < 4.78 is 27.1. The third kappa shape index (κ3) is 6.74. The first-order valence-electron chi connectivity index (χ1n) is 12.0. The fourth-order valence-electron chi connectivity index (χ4n) is 3.92. The molecule has 8 nitrogen and oxygen atoms in total. The van der Waals surface area contributed by atoms with Crippen LogP contribution in [0.2, 0.25) is 0 Å².